The zero-order chi connectivity index (χ0) is 25.1. The monoisotopic (exact) mass is 512 g/mol. The number of fused-ring (bicyclic) bond motifs is 2. The van der Waals surface area contributed by atoms with Crippen LogP contribution in [-0.2, 0) is 4.79 Å². The van der Waals surface area contributed by atoms with E-state index in [0.29, 0.717) is 5.69 Å². The Labute approximate surface area is 216 Å². The lowest BCUT2D eigenvalue weighted by Crippen LogP contribution is -2.29. The molecule has 5 rings (SSSR count). The molecule has 36 heavy (non-hydrogen) atoms. The number of nitrogens with one attached hydrogen (secondary N) is 1. The summed E-state index contributed by atoms with van der Waals surface area (Å²) in [5.41, 5.74) is 2.33. The molecule has 0 bridgehead atoms. The standard InChI is InChI=1S/C28H20N2O4S2/c31-26(30-22-9-3-5-11-24(22)36-25-12-6-4-10-23(25)30)17-35-19-15-13-18(14-16-19)29-27(32)20-7-1-2-8-21(20)28(33)34/h1-16H,17H2,(H,29,32)(H,33,34). The van der Waals surface area contributed by atoms with Crippen LogP contribution in [0.5, 0.6) is 0 Å². The van der Waals surface area contributed by atoms with E-state index in [4.69, 9.17) is 0 Å². The van der Waals surface area contributed by atoms with Crippen molar-refractivity contribution in [2.24, 2.45) is 0 Å². The molecule has 0 aliphatic carbocycles. The van der Waals surface area contributed by atoms with Gasteiger partial charge in [0.25, 0.3) is 5.91 Å². The molecule has 1 aliphatic rings. The van der Waals surface area contributed by atoms with Gasteiger partial charge in [-0.25, -0.2) is 4.79 Å². The number of carboxylic acid groups (broad SMARTS) is 1. The van der Waals surface area contributed by atoms with Crippen molar-refractivity contribution < 1.29 is 19.5 Å². The highest BCUT2D eigenvalue weighted by atomic mass is 32.2. The van der Waals surface area contributed by atoms with E-state index in [1.807, 2.05) is 60.7 Å². The van der Waals surface area contributed by atoms with Gasteiger partial charge in [-0.3, -0.25) is 14.5 Å². The van der Waals surface area contributed by atoms with Gasteiger partial charge in [0.05, 0.1) is 28.3 Å². The fraction of sp³-hybridized carbons (Fsp3) is 0.0357. The van der Waals surface area contributed by atoms with Gasteiger partial charge in [-0.2, -0.15) is 0 Å². The lowest BCUT2D eigenvalue weighted by atomic mass is 10.1. The summed E-state index contributed by atoms with van der Waals surface area (Å²) in [7, 11) is 0. The second kappa shape index (κ2) is 10.3. The Kier molecular flexibility index (Phi) is 6.79. The van der Waals surface area contributed by atoms with E-state index in [1.54, 1.807) is 40.9 Å². The Morgan fingerprint density at radius 2 is 1.31 bits per heavy atom. The number of thioether (sulfide) groups is 1. The number of rotatable bonds is 6. The highest BCUT2D eigenvalue weighted by Gasteiger charge is 2.27. The van der Waals surface area contributed by atoms with E-state index in [-0.39, 0.29) is 22.8 Å². The number of nitrogens with zero attached hydrogens (tertiary/aromatic N) is 1. The first-order valence-electron chi connectivity index (χ1n) is 11.1. The molecule has 4 aromatic rings. The van der Waals surface area contributed by atoms with E-state index in [0.717, 1.165) is 26.1 Å². The number of aromatic carboxylic acids is 1. The Morgan fingerprint density at radius 3 is 1.92 bits per heavy atom. The lowest BCUT2D eigenvalue weighted by molar-refractivity contribution is -0.115. The topological polar surface area (TPSA) is 86.7 Å². The number of para-hydroxylation sites is 2. The van der Waals surface area contributed by atoms with E-state index in [2.05, 4.69) is 5.32 Å². The van der Waals surface area contributed by atoms with Crippen molar-refractivity contribution in [2.75, 3.05) is 16.0 Å². The van der Waals surface area contributed by atoms with Gasteiger partial charge < -0.3 is 10.4 Å². The number of anilines is 3. The fourth-order valence-electron chi connectivity index (χ4n) is 3.88. The third kappa shape index (κ3) is 4.86. The summed E-state index contributed by atoms with van der Waals surface area (Å²) in [6.07, 6.45) is 0. The van der Waals surface area contributed by atoms with Crippen LogP contribution in [0.2, 0.25) is 0 Å². The minimum Gasteiger partial charge on any atom is -0.478 e. The van der Waals surface area contributed by atoms with Gasteiger partial charge in [0, 0.05) is 20.4 Å². The van der Waals surface area contributed by atoms with Gasteiger partial charge in [-0.15, -0.1) is 11.8 Å². The molecule has 8 heteroatoms. The predicted molar refractivity (Wildman–Crippen MR) is 143 cm³/mol. The molecule has 6 nitrogen and oxygen atoms in total. The summed E-state index contributed by atoms with van der Waals surface area (Å²) < 4.78 is 0. The van der Waals surface area contributed by atoms with Crippen molar-refractivity contribution in [1.82, 2.24) is 0 Å². The van der Waals surface area contributed by atoms with Crippen LogP contribution in [0, 0.1) is 0 Å². The Bertz CT molecular complexity index is 1430. The molecule has 0 aromatic heterocycles. The summed E-state index contributed by atoms with van der Waals surface area (Å²) in [5.74, 6) is -1.44. The lowest BCUT2D eigenvalue weighted by Gasteiger charge is -2.31. The van der Waals surface area contributed by atoms with Gasteiger partial charge >= 0.3 is 5.97 Å². The van der Waals surface area contributed by atoms with Crippen LogP contribution in [0.3, 0.4) is 0 Å². The number of hydrogen-bond acceptors (Lipinski definition) is 5. The highest BCUT2D eigenvalue weighted by molar-refractivity contribution is 8.00. The number of carboxylic acids is 1. The molecule has 0 saturated heterocycles. The minimum atomic E-state index is -1.16. The SMILES string of the molecule is O=C(O)c1ccccc1C(=O)Nc1ccc(SCC(=O)N2c3ccccc3Sc3ccccc32)cc1. The first-order chi connectivity index (χ1) is 17.5. The maximum atomic E-state index is 13.3. The second-order valence-corrected chi connectivity index (χ2v) is 10.0. The van der Waals surface area contributed by atoms with Crippen LogP contribution in [0.1, 0.15) is 20.7 Å². The van der Waals surface area contributed by atoms with Crippen LogP contribution in [0.4, 0.5) is 17.1 Å². The molecule has 1 heterocycles. The summed E-state index contributed by atoms with van der Waals surface area (Å²) in [6, 6.07) is 28.9. The van der Waals surface area contributed by atoms with E-state index in [1.165, 1.54) is 23.9 Å². The molecule has 2 amide bonds. The van der Waals surface area contributed by atoms with Gasteiger partial charge in [0.1, 0.15) is 0 Å². The van der Waals surface area contributed by atoms with Crippen LogP contribution in [-0.4, -0.2) is 28.6 Å². The van der Waals surface area contributed by atoms with Crippen molar-refractivity contribution >= 4 is 58.4 Å². The first kappa shape index (κ1) is 23.7. The molecular weight excluding hydrogens is 492 g/mol. The molecular formula is C28H20N2O4S2. The Balaban J connectivity index is 1.27. The largest absolute Gasteiger partial charge is 0.478 e. The zero-order valence-corrected chi connectivity index (χ0v) is 20.5. The van der Waals surface area contributed by atoms with Crippen LogP contribution < -0.4 is 10.2 Å². The van der Waals surface area contributed by atoms with Crippen molar-refractivity contribution in [2.45, 2.75) is 14.7 Å². The van der Waals surface area contributed by atoms with Gasteiger partial charge in [0.15, 0.2) is 0 Å². The molecule has 0 radical (unpaired) electrons. The summed E-state index contributed by atoms with van der Waals surface area (Å²) >= 11 is 3.07. The molecule has 0 saturated carbocycles. The third-order valence-corrected chi connectivity index (χ3v) is 7.69. The Hall–Kier alpha value is -4.01. The van der Waals surface area contributed by atoms with Crippen LogP contribution in [0.25, 0.3) is 0 Å². The minimum absolute atomic E-state index is 0.0251. The van der Waals surface area contributed by atoms with Crippen molar-refractivity contribution in [3.05, 3.63) is 108 Å². The van der Waals surface area contributed by atoms with Crippen LogP contribution in [0.15, 0.2) is 112 Å². The quantitative estimate of drug-likeness (QED) is 0.285. The third-order valence-electron chi connectivity index (χ3n) is 5.56. The van der Waals surface area contributed by atoms with Gasteiger partial charge in [0.2, 0.25) is 5.91 Å². The second-order valence-electron chi connectivity index (χ2n) is 7.88. The van der Waals surface area contributed by atoms with Crippen LogP contribution >= 0.6 is 23.5 Å². The molecule has 0 spiro atoms. The average molecular weight is 513 g/mol. The Morgan fingerprint density at radius 1 is 0.750 bits per heavy atom. The van der Waals surface area contributed by atoms with Gasteiger partial charge in [-0.05, 0) is 60.7 Å². The highest BCUT2D eigenvalue weighted by Crippen LogP contribution is 2.48. The van der Waals surface area contributed by atoms with Crippen molar-refractivity contribution in [3.8, 4) is 0 Å². The molecule has 2 N–H and O–H groups in total. The van der Waals surface area contributed by atoms with Crippen molar-refractivity contribution in [3.63, 3.8) is 0 Å². The zero-order valence-electron chi connectivity index (χ0n) is 18.9. The molecule has 0 atom stereocenters. The summed E-state index contributed by atoms with van der Waals surface area (Å²) in [6.45, 7) is 0. The maximum Gasteiger partial charge on any atom is 0.336 e. The first-order valence-corrected chi connectivity index (χ1v) is 12.9. The smallest absolute Gasteiger partial charge is 0.336 e. The van der Waals surface area contributed by atoms with Gasteiger partial charge in [-0.1, -0.05) is 48.2 Å². The van der Waals surface area contributed by atoms with E-state index < -0.39 is 11.9 Å². The number of amides is 2. The number of hydrogen-bond donors (Lipinski definition) is 2. The number of benzene rings is 4. The van der Waals surface area contributed by atoms with Crippen molar-refractivity contribution in [1.29, 1.82) is 0 Å². The molecule has 0 unspecified atom stereocenters. The molecule has 178 valence electrons. The number of carbonyl (C=O) groups is 3. The summed E-state index contributed by atoms with van der Waals surface area (Å²) in [5, 5.41) is 12.0. The summed E-state index contributed by atoms with van der Waals surface area (Å²) in [4.78, 5) is 42.1. The molecule has 1 aliphatic heterocycles. The molecule has 4 aromatic carbocycles. The predicted octanol–water partition coefficient (Wildman–Crippen LogP) is 6.56. The fourth-order valence-corrected chi connectivity index (χ4v) is 5.69. The number of carbonyl (C=O) groups excluding carboxylic acids is 2. The average Bonchev–Trinajstić information content (AvgIpc) is 2.91. The maximum absolute atomic E-state index is 13.3. The van der Waals surface area contributed by atoms with E-state index in [9.17, 15) is 19.5 Å². The molecule has 0 fully saturated rings. The van der Waals surface area contributed by atoms with E-state index >= 15 is 0 Å². The normalized spacial score (nSPS) is 11.8.